The van der Waals surface area contributed by atoms with Crippen LogP contribution >= 0.6 is 0 Å². The van der Waals surface area contributed by atoms with Crippen LogP contribution in [0.2, 0.25) is 0 Å². The number of nitrogens with two attached hydrogens (primary N) is 1. The number of nitrogens with zero attached hydrogens (tertiary/aromatic N) is 2. The van der Waals surface area contributed by atoms with E-state index >= 15 is 0 Å². The van der Waals surface area contributed by atoms with Crippen molar-refractivity contribution in [1.29, 1.82) is 0 Å². The highest BCUT2D eigenvalue weighted by atomic mass is 19.1. The Bertz CT molecular complexity index is 489. The largest absolute Gasteiger partial charge is 0.409 e. The van der Waals surface area contributed by atoms with E-state index in [0.29, 0.717) is 24.8 Å². The number of halogens is 1. The van der Waals surface area contributed by atoms with Crippen molar-refractivity contribution in [2.24, 2.45) is 10.9 Å². The maximum absolute atomic E-state index is 14.3. The second-order valence-electron chi connectivity index (χ2n) is 4.96. The first kappa shape index (κ1) is 14.7. The van der Waals surface area contributed by atoms with Gasteiger partial charge in [-0.05, 0) is 18.9 Å². The molecule has 1 aliphatic rings. The first-order valence-corrected chi connectivity index (χ1v) is 6.65. The monoisotopic (exact) mass is 281 g/mol. The fourth-order valence-corrected chi connectivity index (χ4v) is 2.21. The molecule has 0 aromatic heterocycles. The van der Waals surface area contributed by atoms with Crippen LogP contribution in [0.3, 0.4) is 0 Å². The lowest BCUT2D eigenvalue weighted by Gasteiger charge is -2.22. The van der Waals surface area contributed by atoms with E-state index in [2.05, 4.69) is 10.1 Å². The van der Waals surface area contributed by atoms with Gasteiger partial charge in [-0.15, -0.1) is 0 Å². The molecule has 5 nitrogen and oxygen atoms in total. The fraction of sp³-hybridized carbons (Fsp3) is 0.500. The van der Waals surface area contributed by atoms with Gasteiger partial charge in [-0.1, -0.05) is 17.3 Å². The Hall–Kier alpha value is -1.66. The third kappa shape index (κ3) is 3.46. The first-order valence-electron chi connectivity index (χ1n) is 6.65. The molecule has 0 unspecified atom stereocenters. The van der Waals surface area contributed by atoms with E-state index in [4.69, 9.17) is 15.7 Å². The first-order chi connectivity index (χ1) is 9.67. The van der Waals surface area contributed by atoms with Gasteiger partial charge < -0.3 is 15.7 Å². The Labute approximate surface area is 117 Å². The highest BCUT2D eigenvalue weighted by Crippen LogP contribution is 2.28. The molecule has 2 rings (SSSR count). The zero-order chi connectivity index (χ0) is 14.5. The third-order valence-corrected chi connectivity index (χ3v) is 3.48. The van der Waals surface area contributed by atoms with Crippen LogP contribution < -0.4 is 5.73 Å². The van der Waals surface area contributed by atoms with Crippen LogP contribution in [-0.4, -0.2) is 42.2 Å². The van der Waals surface area contributed by atoms with Crippen molar-refractivity contribution in [3.63, 3.8) is 0 Å². The molecular formula is C14H20FN3O2. The highest BCUT2D eigenvalue weighted by molar-refractivity contribution is 5.97. The maximum Gasteiger partial charge on any atom is 0.173 e. The van der Waals surface area contributed by atoms with E-state index in [1.807, 2.05) is 0 Å². The normalized spacial score (nSPS) is 15.8. The molecule has 0 spiro atoms. The van der Waals surface area contributed by atoms with Crippen molar-refractivity contribution in [3.8, 4) is 0 Å². The van der Waals surface area contributed by atoms with Crippen LogP contribution in [0.25, 0.3) is 0 Å². The van der Waals surface area contributed by atoms with E-state index in [1.54, 1.807) is 19.2 Å². The van der Waals surface area contributed by atoms with E-state index in [-0.39, 0.29) is 11.4 Å². The topological polar surface area (TPSA) is 71.1 Å². The summed E-state index contributed by atoms with van der Waals surface area (Å²) in [6.45, 7) is 1.90. The molecule has 1 aromatic rings. The minimum Gasteiger partial charge on any atom is -0.409 e. The summed E-state index contributed by atoms with van der Waals surface area (Å²) >= 11 is 0. The van der Waals surface area contributed by atoms with Gasteiger partial charge in [0.25, 0.3) is 0 Å². The molecular weight excluding hydrogens is 261 g/mol. The van der Waals surface area contributed by atoms with Crippen molar-refractivity contribution >= 4 is 5.84 Å². The van der Waals surface area contributed by atoms with E-state index in [1.165, 1.54) is 6.07 Å². The van der Waals surface area contributed by atoms with E-state index < -0.39 is 5.82 Å². The van der Waals surface area contributed by atoms with Crippen molar-refractivity contribution in [2.75, 3.05) is 20.3 Å². The van der Waals surface area contributed by atoms with Gasteiger partial charge in [-0.25, -0.2) is 4.39 Å². The molecule has 1 fully saturated rings. The summed E-state index contributed by atoms with van der Waals surface area (Å²) in [5, 5.41) is 11.5. The molecule has 0 atom stereocenters. The van der Waals surface area contributed by atoms with Gasteiger partial charge in [0.15, 0.2) is 5.84 Å². The van der Waals surface area contributed by atoms with Crippen molar-refractivity contribution in [1.82, 2.24) is 4.90 Å². The van der Waals surface area contributed by atoms with E-state index in [0.717, 1.165) is 19.4 Å². The number of amidine groups is 1. The molecule has 1 aromatic carbocycles. The molecule has 1 aliphatic carbocycles. The summed E-state index contributed by atoms with van der Waals surface area (Å²) in [4.78, 5) is 2.21. The minimum atomic E-state index is -0.425. The van der Waals surface area contributed by atoms with Crippen LogP contribution in [-0.2, 0) is 11.3 Å². The molecule has 0 aliphatic heterocycles. The summed E-state index contributed by atoms with van der Waals surface area (Å²) in [7, 11) is 1.66. The zero-order valence-corrected chi connectivity index (χ0v) is 11.6. The number of ether oxygens (including phenoxy) is 1. The van der Waals surface area contributed by atoms with Crippen LogP contribution in [0.4, 0.5) is 4.39 Å². The van der Waals surface area contributed by atoms with E-state index in [9.17, 15) is 4.39 Å². The van der Waals surface area contributed by atoms with Gasteiger partial charge in [0, 0.05) is 31.8 Å². The molecule has 110 valence electrons. The lowest BCUT2D eigenvalue weighted by molar-refractivity contribution is 0.139. The Morgan fingerprint density at radius 2 is 2.30 bits per heavy atom. The lowest BCUT2D eigenvalue weighted by atomic mass is 10.1. The molecule has 1 saturated carbocycles. The van der Waals surface area contributed by atoms with Gasteiger partial charge >= 0.3 is 0 Å². The second kappa shape index (κ2) is 6.67. The quantitative estimate of drug-likeness (QED) is 0.344. The van der Waals surface area contributed by atoms with Crippen LogP contribution in [0, 0.1) is 5.82 Å². The predicted octanol–water partition coefficient (Wildman–Crippen LogP) is 1.53. The van der Waals surface area contributed by atoms with Crippen LogP contribution in [0.15, 0.2) is 23.4 Å². The average Bonchev–Trinajstić information content (AvgIpc) is 3.29. The van der Waals surface area contributed by atoms with Crippen LogP contribution in [0.5, 0.6) is 0 Å². The Morgan fingerprint density at radius 1 is 1.55 bits per heavy atom. The molecule has 3 N–H and O–H groups in total. The number of rotatable bonds is 7. The van der Waals surface area contributed by atoms with Gasteiger partial charge in [-0.3, -0.25) is 4.90 Å². The van der Waals surface area contributed by atoms with Gasteiger partial charge in [-0.2, -0.15) is 0 Å². The summed E-state index contributed by atoms with van der Waals surface area (Å²) in [6.07, 6.45) is 2.29. The summed E-state index contributed by atoms with van der Waals surface area (Å²) in [5.74, 6) is -0.634. The van der Waals surface area contributed by atoms with Crippen LogP contribution in [0.1, 0.15) is 24.0 Å². The average molecular weight is 281 g/mol. The summed E-state index contributed by atoms with van der Waals surface area (Å²) in [5.41, 5.74) is 6.16. The van der Waals surface area contributed by atoms with Gasteiger partial charge in [0.05, 0.1) is 12.2 Å². The second-order valence-corrected chi connectivity index (χ2v) is 4.96. The zero-order valence-electron chi connectivity index (χ0n) is 11.6. The number of hydrogen-bond donors (Lipinski definition) is 2. The molecule has 0 bridgehead atoms. The molecule has 20 heavy (non-hydrogen) atoms. The predicted molar refractivity (Wildman–Crippen MR) is 74.2 cm³/mol. The standard InChI is InChI=1S/C14H20FN3O2/c1-20-8-7-18(11-5-6-11)9-10-3-2-4-12(13(10)15)14(16)17-19/h2-4,11,19H,5-9H2,1H3,(H2,16,17). The number of oxime groups is 1. The fourth-order valence-electron chi connectivity index (χ4n) is 2.21. The van der Waals surface area contributed by atoms with Gasteiger partial charge in [0.2, 0.25) is 0 Å². The third-order valence-electron chi connectivity index (χ3n) is 3.48. The molecule has 0 amide bonds. The van der Waals surface area contributed by atoms with Crippen molar-refractivity contribution < 1.29 is 14.3 Å². The maximum atomic E-state index is 14.3. The highest BCUT2D eigenvalue weighted by Gasteiger charge is 2.29. The summed E-state index contributed by atoms with van der Waals surface area (Å²) in [6, 6.07) is 5.46. The van der Waals surface area contributed by atoms with Crippen molar-refractivity contribution in [3.05, 3.63) is 35.1 Å². The Kier molecular flexibility index (Phi) is 4.92. The number of methoxy groups -OCH3 is 1. The summed E-state index contributed by atoms with van der Waals surface area (Å²) < 4.78 is 19.4. The SMILES string of the molecule is COCCN(Cc1cccc(/C(N)=N/O)c1F)C1CC1. The Balaban J connectivity index is 2.15. The lowest BCUT2D eigenvalue weighted by Crippen LogP contribution is -2.30. The number of benzene rings is 1. The minimum absolute atomic E-state index is 0.132. The molecule has 0 heterocycles. The molecule has 6 heteroatoms. The molecule has 0 radical (unpaired) electrons. The van der Waals surface area contributed by atoms with Gasteiger partial charge in [0.1, 0.15) is 5.82 Å². The molecule has 0 saturated heterocycles. The smallest absolute Gasteiger partial charge is 0.173 e. The Morgan fingerprint density at radius 3 is 2.90 bits per heavy atom. The number of hydrogen-bond acceptors (Lipinski definition) is 4. The van der Waals surface area contributed by atoms with Crippen molar-refractivity contribution in [2.45, 2.75) is 25.4 Å².